The van der Waals surface area contributed by atoms with Crippen LogP contribution in [0.5, 0.6) is 0 Å². The minimum Gasteiger partial charge on any atom is -0.481 e. The molecule has 1 N–H and O–H groups in total. The van der Waals surface area contributed by atoms with E-state index in [1.54, 1.807) is 4.31 Å². The second-order valence-electron chi connectivity index (χ2n) is 7.48. The number of rotatable bonds is 3. The van der Waals surface area contributed by atoms with Crippen LogP contribution >= 0.6 is 0 Å². The van der Waals surface area contributed by atoms with E-state index in [4.69, 9.17) is 5.11 Å². The van der Waals surface area contributed by atoms with Crippen LogP contribution in [0, 0.1) is 11.3 Å². The average molecular weight is 344 g/mol. The van der Waals surface area contributed by atoms with Crippen LogP contribution in [-0.4, -0.2) is 54.3 Å². The maximum Gasteiger partial charge on any atom is 0.306 e. The van der Waals surface area contributed by atoms with Crippen molar-refractivity contribution in [3.8, 4) is 0 Å². The number of hydrogen-bond acceptors (Lipinski definition) is 3. The van der Waals surface area contributed by atoms with E-state index in [2.05, 4.69) is 0 Å². The van der Waals surface area contributed by atoms with Gasteiger partial charge < -0.3 is 5.11 Å². The molecule has 2 heterocycles. The van der Waals surface area contributed by atoms with Crippen molar-refractivity contribution >= 4 is 16.2 Å². The van der Waals surface area contributed by atoms with Gasteiger partial charge in [0.2, 0.25) is 0 Å². The Hall–Kier alpha value is -0.660. The van der Waals surface area contributed by atoms with Crippen LogP contribution in [0.2, 0.25) is 0 Å². The molecule has 2 saturated heterocycles. The van der Waals surface area contributed by atoms with Crippen molar-refractivity contribution in [2.45, 2.75) is 57.8 Å². The molecular weight excluding hydrogens is 316 g/mol. The van der Waals surface area contributed by atoms with E-state index in [0.29, 0.717) is 44.4 Å². The molecule has 0 aromatic carbocycles. The lowest BCUT2D eigenvalue weighted by atomic mass is 9.68. The number of hydrogen-bond donors (Lipinski definition) is 1. The van der Waals surface area contributed by atoms with Crippen LogP contribution < -0.4 is 0 Å². The van der Waals surface area contributed by atoms with Crippen LogP contribution in [0.3, 0.4) is 0 Å². The van der Waals surface area contributed by atoms with Gasteiger partial charge in [0, 0.05) is 26.2 Å². The van der Waals surface area contributed by atoms with Gasteiger partial charge in [0.15, 0.2) is 0 Å². The molecule has 0 unspecified atom stereocenters. The smallest absolute Gasteiger partial charge is 0.306 e. The molecule has 6 nitrogen and oxygen atoms in total. The number of aliphatic carboxylic acids is 1. The summed E-state index contributed by atoms with van der Waals surface area (Å²) in [4.78, 5) is 11.0. The molecule has 1 spiro atoms. The lowest BCUT2D eigenvalue weighted by molar-refractivity contribution is -0.142. The fourth-order valence-electron chi connectivity index (χ4n) is 4.49. The zero-order valence-electron chi connectivity index (χ0n) is 13.7. The van der Waals surface area contributed by atoms with E-state index >= 15 is 0 Å². The summed E-state index contributed by atoms with van der Waals surface area (Å²) in [7, 11) is -3.42. The Kier molecular flexibility index (Phi) is 4.99. The van der Waals surface area contributed by atoms with Crippen molar-refractivity contribution in [3.63, 3.8) is 0 Å². The molecule has 23 heavy (non-hydrogen) atoms. The highest BCUT2D eigenvalue weighted by Crippen LogP contribution is 2.45. The summed E-state index contributed by atoms with van der Waals surface area (Å²) in [5, 5.41) is 9.04. The Bertz CT molecular complexity index is 524. The van der Waals surface area contributed by atoms with Crippen LogP contribution in [0.15, 0.2) is 0 Å². The van der Waals surface area contributed by atoms with Gasteiger partial charge in [-0.15, -0.1) is 0 Å². The number of nitrogens with zero attached hydrogens (tertiary/aromatic N) is 2. The first kappa shape index (κ1) is 17.2. The molecule has 1 saturated carbocycles. The van der Waals surface area contributed by atoms with Crippen molar-refractivity contribution in [3.05, 3.63) is 0 Å². The Morgan fingerprint density at radius 1 is 0.870 bits per heavy atom. The first-order chi connectivity index (χ1) is 10.9. The maximum absolute atomic E-state index is 12.8. The predicted octanol–water partition coefficient (Wildman–Crippen LogP) is 2.07. The molecule has 3 rings (SSSR count). The fraction of sp³-hybridized carbons (Fsp3) is 0.938. The van der Waals surface area contributed by atoms with Crippen LogP contribution in [0.1, 0.15) is 57.8 Å². The highest BCUT2D eigenvalue weighted by Gasteiger charge is 2.41. The maximum atomic E-state index is 12.8. The van der Waals surface area contributed by atoms with Gasteiger partial charge >= 0.3 is 5.97 Å². The van der Waals surface area contributed by atoms with Crippen LogP contribution in [0.25, 0.3) is 0 Å². The highest BCUT2D eigenvalue weighted by molar-refractivity contribution is 7.86. The third-order valence-corrected chi connectivity index (χ3v) is 8.19. The lowest BCUT2D eigenvalue weighted by Gasteiger charge is -2.45. The topological polar surface area (TPSA) is 77.9 Å². The van der Waals surface area contributed by atoms with Crippen LogP contribution in [-0.2, 0) is 15.0 Å². The summed E-state index contributed by atoms with van der Waals surface area (Å²) < 4.78 is 28.7. The first-order valence-corrected chi connectivity index (χ1v) is 10.3. The minimum absolute atomic E-state index is 0.334. The summed E-state index contributed by atoms with van der Waals surface area (Å²) in [6.07, 6.45) is 9.22. The summed E-state index contributed by atoms with van der Waals surface area (Å²) in [5.41, 5.74) is 0.389. The van der Waals surface area contributed by atoms with Gasteiger partial charge in [-0.05, 0) is 43.9 Å². The van der Waals surface area contributed by atoms with Gasteiger partial charge in [0.25, 0.3) is 10.2 Å². The molecule has 0 radical (unpaired) electrons. The quantitative estimate of drug-likeness (QED) is 0.850. The monoisotopic (exact) mass is 344 g/mol. The number of carboxylic acid groups (broad SMARTS) is 1. The zero-order valence-corrected chi connectivity index (χ0v) is 14.6. The molecular formula is C16H28N2O4S. The number of carboxylic acids is 1. The van der Waals surface area contributed by atoms with Crippen molar-refractivity contribution < 1.29 is 18.3 Å². The van der Waals surface area contributed by atoms with E-state index < -0.39 is 22.1 Å². The molecule has 0 aromatic heterocycles. The van der Waals surface area contributed by atoms with Gasteiger partial charge in [-0.2, -0.15) is 17.0 Å². The third-order valence-electron chi connectivity index (χ3n) is 6.15. The molecule has 3 fully saturated rings. The lowest BCUT2D eigenvalue weighted by Crippen LogP contribution is -2.51. The second-order valence-corrected chi connectivity index (χ2v) is 9.41. The van der Waals surface area contributed by atoms with Crippen molar-refractivity contribution in [1.82, 2.24) is 8.61 Å². The zero-order chi connectivity index (χ0) is 16.5. The van der Waals surface area contributed by atoms with E-state index in [0.717, 1.165) is 12.8 Å². The summed E-state index contributed by atoms with van der Waals surface area (Å²) in [5.74, 6) is -1.20. The molecule has 0 aromatic rings. The Balaban J connectivity index is 1.58. The molecule has 132 valence electrons. The van der Waals surface area contributed by atoms with Gasteiger partial charge in [0.1, 0.15) is 0 Å². The van der Waals surface area contributed by atoms with E-state index in [1.165, 1.54) is 36.4 Å². The third kappa shape index (κ3) is 3.56. The van der Waals surface area contributed by atoms with Crippen molar-refractivity contribution in [2.24, 2.45) is 11.3 Å². The van der Waals surface area contributed by atoms with E-state index in [-0.39, 0.29) is 0 Å². The second kappa shape index (κ2) is 6.69. The average Bonchev–Trinajstić information content (AvgIpc) is 2.56. The normalized spacial score (nSPS) is 28.0. The SMILES string of the molecule is O=C(O)C1CCN(S(=O)(=O)N2CCC3(CCCCC3)CC2)CC1. The minimum atomic E-state index is -3.42. The van der Waals surface area contributed by atoms with Gasteiger partial charge in [-0.3, -0.25) is 4.79 Å². The molecule has 3 aliphatic rings. The molecule has 1 aliphatic carbocycles. The summed E-state index contributed by atoms with van der Waals surface area (Å²) >= 11 is 0. The summed E-state index contributed by atoms with van der Waals surface area (Å²) in [6.45, 7) is 1.92. The van der Waals surface area contributed by atoms with Crippen LogP contribution in [0.4, 0.5) is 0 Å². The Labute approximate surface area is 139 Å². The Morgan fingerprint density at radius 3 is 1.91 bits per heavy atom. The predicted molar refractivity (Wildman–Crippen MR) is 87.2 cm³/mol. The largest absolute Gasteiger partial charge is 0.481 e. The standard InChI is InChI=1S/C16H28N2O4S/c19-15(20)14-4-10-17(11-5-14)23(21,22)18-12-8-16(9-13-18)6-2-1-3-7-16/h14H,1-13H2,(H,19,20). The highest BCUT2D eigenvalue weighted by atomic mass is 32.2. The van der Waals surface area contributed by atoms with Crippen molar-refractivity contribution in [2.75, 3.05) is 26.2 Å². The molecule has 0 amide bonds. The molecule has 7 heteroatoms. The molecule has 0 bridgehead atoms. The van der Waals surface area contributed by atoms with E-state index in [1.807, 2.05) is 0 Å². The molecule has 0 atom stereocenters. The number of carbonyl (C=O) groups is 1. The van der Waals surface area contributed by atoms with Gasteiger partial charge in [0.05, 0.1) is 5.92 Å². The molecule has 2 aliphatic heterocycles. The number of piperidine rings is 2. The van der Waals surface area contributed by atoms with Gasteiger partial charge in [-0.25, -0.2) is 0 Å². The van der Waals surface area contributed by atoms with Gasteiger partial charge in [-0.1, -0.05) is 19.3 Å². The van der Waals surface area contributed by atoms with Crippen molar-refractivity contribution in [1.29, 1.82) is 0 Å². The fourth-order valence-corrected chi connectivity index (χ4v) is 6.13. The Morgan fingerprint density at radius 2 is 1.39 bits per heavy atom. The summed E-state index contributed by atoms with van der Waals surface area (Å²) in [6, 6.07) is 0. The van der Waals surface area contributed by atoms with E-state index in [9.17, 15) is 13.2 Å². The first-order valence-electron chi connectivity index (χ1n) is 8.91.